The molecule has 0 saturated heterocycles. The first-order valence-electron chi connectivity index (χ1n) is 4.40. The molecule has 0 bridgehead atoms. The van der Waals surface area contributed by atoms with Crippen LogP contribution >= 0.6 is 0 Å². The number of hydrogen-bond donors (Lipinski definition) is 2. The van der Waals surface area contributed by atoms with Crippen molar-refractivity contribution in [2.75, 3.05) is 0 Å². The van der Waals surface area contributed by atoms with Crippen LogP contribution in [0.1, 0.15) is 11.3 Å². The van der Waals surface area contributed by atoms with Crippen molar-refractivity contribution in [3.05, 3.63) is 41.9 Å². The molecule has 14 heavy (non-hydrogen) atoms. The van der Waals surface area contributed by atoms with Gasteiger partial charge in [0, 0.05) is 12.4 Å². The van der Waals surface area contributed by atoms with Crippen LogP contribution in [0.25, 0.3) is 0 Å². The molecule has 72 valence electrons. The summed E-state index contributed by atoms with van der Waals surface area (Å²) in [4.78, 5) is 8.41. The predicted molar refractivity (Wildman–Crippen MR) is 55.6 cm³/mol. The zero-order valence-corrected chi connectivity index (χ0v) is 7.94. The van der Waals surface area contributed by atoms with Crippen molar-refractivity contribution in [2.24, 2.45) is 10.7 Å². The monoisotopic (exact) mass is 188 g/mol. The highest BCUT2D eigenvalue weighted by Crippen LogP contribution is 2.20. The van der Waals surface area contributed by atoms with Crippen molar-refractivity contribution in [2.45, 2.75) is 12.6 Å². The molecule has 1 atom stereocenters. The van der Waals surface area contributed by atoms with Gasteiger partial charge in [0.15, 0.2) is 5.66 Å². The molecule has 1 aromatic rings. The Balaban J connectivity index is 2.38. The molecule has 0 radical (unpaired) electrons. The number of aryl methyl sites for hydroxylation is 1. The van der Waals surface area contributed by atoms with Gasteiger partial charge in [-0.05, 0) is 24.6 Å². The van der Waals surface area contributed by atoms with Crippen LogP contribution in [0.3, 0.4) is 0 Å². The van der Waals surface area contributed by atoms with Crippen molar-refractivity contribution in [3.63, 3.8) is 0 Å². The van der Waals surface area contributed by atoms with Crippen LogP contribution in [0.5, 0.6) is 0 Å². The number of pyridine rings is 1. The Bertz CT molecular complexity index is 366. The standard InChI is InChI=1S/C10H12N4/c1-8-2-3-9(13-6-8)10(11)4-5-12-7-14-10/h2-7H,11H2,1H3,(H,12,14). The molecule has 1 aliphatic rings. The zero-order chi connectivity index (χ0) is 10.0. The van der Waals surface area contributed by atoms with E-state index in [4.69, 9.17) is 5.73 Å². The average Bonchev–Trinajstić information content (AvgIpc) is 2.19. The van der Waals surface area contributed by atoms with E-state index in [1.165, 1.54) is 0 Å². The first kappa shape index (κ1) is 8.90. The summed E-state index contributed by atoms with van der Waals surface area (Å²) < 4.78 is 0. The second-order valence-electron chi connectivity index (χ2n) is 3.30. The van der Waals surface area contributed by atoms with E-state index >= 15 is 0 Å². The van der Waals surface area contributed by atoms with Crippen molar-refractivity contribution in [1.29, 1.82) is 0 Å². The molecular weight excluding hydrogens is 176 g/mol. The van der Waals surface area contributed by atoms with Crippen LogP contribution in [-0.4, -0.2) is 11.3 Å². The summed E-state index contributed by atoms with van der Waals surface area (Å²) >= 11 is 0. The largest absolute Gasteiger partial charge is 0.353 e. The van der Waals surface area contributed by atoms with Gasteiger partial charge in [-0.2, -0.15) is 0 Å². The van der Waals surface area contributed by atoms with E-state index in [2.05, 4.69) is 15.3 Å². The highest BCUT2D eigenvalue weighted by atomic mass is 15.1. The Morgan fingerprint density at radius 1 is 1.43 bits per heavy atom. The van der Waals surface area contributed by atoms with E-state index in [-0.39, 0.29) is 0 Å². The molecule has 0 saturated carbocycles. The Morgan fingerprint density at radius 3 is 2.86 bits per heavy atom. The fraction of sp³-hybridized carbons (Fsp3) is 0.200. The van der Waals surface area contributed by atoms with E-state index in [0.717, 1.165) is 11.3 Å². The quantitative estimate of drug-likeness (QED) is 0.680. The molecule has 0 aromatic carbocycles. The smallest absolute Gasteiger partial charge is 0.173 e. The molecule has 3 N–H and O–H groups in total. The van der Waals surface area contributed by atoms with Crippen molar-refractivity contribution in [1.82, 2.24) is 10.3 Å². The molecule has 1 aliphatic heterocycles. The number of rotatable bonds is 1. The van der Waals surface area contributed by atoms with Gasteiger partial charge >= 0.3 is 0 Å². The van der Waals surface area contributed by atoms with Crippen LogP contribution < -0.4 is 11.1 Å². The summed E-state index contributed by atoms with van der Waals surface area (Å²) in [5, 5.41) is 2.84. The van der Waals surface area contributed by atoms with E-state index in [0.29, 0.717) is 0 Å². The second kappa shape index (κ2) is 3.23. The molecular formula is C10H12N4. The summed E-state index contributed by atoms with van der Waals surface area (Å²) in [6, 6.07) is 3.87. The van der Waals surface area contributed by atoms with Gasteiger partial charge in [-0.3, -0.25) is 10.7 Å². The van der Waals surface area contributed by atoms with Crippen molar-refractivity contribution < 1.29 is 0 Å². The van der Waals surface area contributed by atoms with Gasteiger partial charge in [-0.15, -0.1) is 0 Å². The first-order valence-corrected chi connectivity index (χ1v) is 4.40. The molecule has 4 nitrogen and oxygen atoms in total. The van der Waals surface area contributed by atoms with Gasteiger partial charge in [-0.1, -0.05) is 6.07 Å². The lowest BCUT2D eigenvalue weighted by Gasteiger charge is -2.22. The van der Waals surface area contributed by atoms with E-state index in [1.807, 2.05) is 19.1 Å². The second-order valence-corrected chi connectivity index (χ2v) is 3.30. The average molecular weight is 188 g/mol. The maximum Gasteiger partial charge on any atom is 0.173 e. The molecule has 1 aromatic heterocycles. The lowest BCUT2D eigenvalue weighted by molar-refractivity contribution is 0.567. The third kappa shape index (κ3) is 1.52. The van der Waals surface area contributed by atoms with Gasteiger partial charge in [0.25, 0.3) is 0 Å². The maximum atomic E-state index is 6.04. The number of nitrogens with two attached hydrogens (primary N) is 1. The van der Waals surface area contributed by atoms with E-state index in [9.17, 15) is 0 Å². The van der Waals surface area contributed by atoms with Gasteiger partial charge in [0.2, 0.25) is 0 Å². The fourth-order valence-electron chi connectivity index (χ4n) is 1.26. The molecule has 1 unspecified atom stereocenters. The SMILES string of the molecule is Cc1ccc(C2(N)C=CNC=N2)nc1. The predicted octanol–water partition coefficient (Wildman–Crippen LogP) is 0.647. The minimum absolute atomic E-state index is 0.747. The number of hydrogen-bond acceptors (Lipinski definition) is 4. The highest BCUT2D eigenvalue weighted by Gasteiger charge is 2.25. The summed E-state index contributed by atoms with van der Waals surface area (Å²) in [7, 11) is 0. The van der Waals surface area contributed by atoms with Gasteiger partial charge in [-0.25, -0.2) is 4.99 Å². The maximum absolute atomic E-state index is 6.04. The van der Waals surface area contributed by atoms with Gasteiger partial charge in [0.1, 0.15) is 0 Å². The third-order valence-electron chi connectivity index (χ3n) is 2.11. The Labute approximate surface area is 82.6 Å². The normalized spacial score (nSPS) is 24.7. The highest BCUT2D eigenvalue weighted by molar-refractivity contribution is 5.59. The van der Waals surface area contributed by atoms with Crippen molar-refractivity contribution in [3.8, 4) is 0 Å². The van der Waals surface area contributed by atoms with Crippen molar-refractivity contribution >= 4 is 6.34 Å². The van der Waals surface area contributed by atoms with E-state index < -0.39 is 5.66 Å². The Kier molecular flexibility index (Phi) is 2.05. The lowest BCUT2D eigenvalue weighted by Crippen LogP contribution is -2.36. The van der Waals surface area contributed by atoms with Crippen LogP contribution in [0.2, 0.25) is 0 Å². The summed E-state index contributed by atoms with van der Waals surface area (Å²) in [6.45, 7) is 1.99. The van der Waals surface area contributed by atoms with Crippen LogP contribution in [-0.2, 0) is 5.66 Å². The Morgan fingerprint density at radius 2 is 2.29 bits per heavy atom. The number of aromatic nitrogens is 1. The summed E-state index contributed by atoms with van der Waals surface area (Å²) in [6.07, 6.45) is 6.90. The molecule has 0 spiro atoms. The topological polar surface area (TPSA) is 63.3 Å². The first-order chi connectivity index (χ1) is 6.71. The molecule has 2 heterocycles. The summed E-state index contributed by atoms with van der Waals surface area (Å²) in [5.41, 5.74) is 7.08. The Hall–Kier alpha value is -1.68. The van der Waals surface area contributed by atoms with Gasteiger partial charge < -0.3 is 5.32 Å². The number of nitrogens with one attached hydrogen (secondary N) is 1. The van der Waals surface area contributed by atoms with Crippen LogP contribution in [0.4, 0.5) is 0 Å². The van der Waals surface area contributed by atoms with Gasteiger partial charge in [0.05, 0.1) is 12.0 Å². The zero-order valence-electron chi connectivity index (χ0n) is 7.94. The lowest BCUT2D eigenvalue weighted by atomic mass is 10.1. The van der Waals surface area contributed by atoms with Crippen LogP contribution in [0.15, 0.2) is 35.6 Å². The molecule has 2 rings (SSSR count). The number of aliphatic imine (C=N–C) groups is 1. The van der Waals surface area contributed by atoms with Crippen LogP contribution in [0, 0.1) is 6.92 Å². The molecule has 0 aliphatic carbocycles. The fourth-order valence-corrected chi connectivity index (χ4v) is 1.26. The molecule has 0 fully saturated rings. The molecule has 4 heteroatoms. The van der Waals surface area contributed by atoms with E-state index in [1.54, 1.807) is 24.8 Å². The summed E-state index contributed by atoms with van der Waals surface area (Å²) in [5.74, 6) is 0. The number of nitrogens with zero attached hydrogens (tertiary/aromatic N) is 2. The minimum Gasteiger partial charge on any atom is -0.353 e. The third-order valence-corrected chi connectivity index (χ3v) is 2.11. The molecule has 0 amide bonds. The minimum atomic E-state index is -0.820.